The predicted octanol–water partition coefficient (Wildman–Crippen LogP) is 0.0278. The summed E-state index contributed by atoms with van der Waals surface area (Å²) in [6.07, 6.45) is 0. The van der Waals surface area contributed by atoms with Gasteiger partial charge in [0.15, 0.2) is 0 Å². The lowest BCUT2D eigenvalue weighted by Gasteiger charge is -2.41. The second-order valence-electron chi connectivity index (χ2n) is 12.3. The summed E-state index contributed by atoms with van der Waals surface area (Å²) in [6.45, 7) is 11.6. The average Bonchev–Trinajstić information content (AvgIpc) is 3.62. The smallest absolute Gasteiger partial charge is 0.258 e. The summed E-state index contributed by atoms with van der Waals surface area (Å²) in [7, 11) is 5.85. The van der Waals surface area contributed by atoms with Gasteiger partial charge >= 0.3 is 0 Å². The van der Waals surface area contributed by atoms with E-state index < -0.39 is 0 Å². The Morgan fingerprint density at radius 3 is 2.06 bits per heavy atom. The van der Waals surface area contributed by atoms with Crippen molar-refractivity contribution in [3.63, 3.8) is 0 Å². The fraction of sp³-hybridized carbons (Fsp3) is 0.382. The molecule has 0 saturated carbocycles. The molecule has 0 spiro atoms. The van der Waals surface area contributed by atoms with Gasteiger partial charge in [0.2, 0.25) is 11.8 Å². The monoisotopic (exact) mass is 656 g/mol. The first-order valence-electron chi connectivity index (χ1n) is 16.2. The van der Waals surface area contributed by atoms with Gasteiger partial charge in [-0.3, -0.25) is 14.4 Å². The molecule has 4 aliphatic heterocycles. The molecular formula is C34H44N10O4. The quantitative estimate of drug-likeness (QED) is 0.156. The first-order valence-corrected chi connectivity index (χ1v) is 16.2. The Hall–Kier alpha value is -4.57. The number of nitrogens with zero attached hydrogens (tertiary/aromatic N) is 5. The van der Waals surface area contributed by atoms with Gasteiger partial charge in [-0.15, -0.1) is 0 Å². The Bertz CT molecular complexity index is 1640. The van der Waals surface area contributed by atoms with E-state index in [2.05, 4.69) is 67.3 Å². The molecule has 14 nitrogen and oxygen atoms in total. The van der Waals surface area contributed by atoms with E-state index in [0.29, 0.717) is 46.1 Å². The van der Waals surface area contributed by atoms with Crippen molar-refractivity contribution in [2.45, 2.75) is 6.54 Å². The van der Waals surface area contributed by atoms with Gasteiger partial charge in [-0.1, -0.05) is 30.3 Å². The van der Waals surface area contributed by atoms with E-state index in [-0.39, 0.29) is 24.3 Å². The highest BCUT2D eigenvalue weighted by molar-refractivity contribution is 6.30. The average molecular weight is 657 g/mol. The van der Waals surface area contributed by atoms with Gasteiger partial charge in [0.05, 0.1) is 34.8 Å². The third kappa shape index (κ3) is 7.28. The molecule has 5 N–H and O–H groups in total. The molecule has 0 bridgehead atoms. The number of carbonyl (C=O) groups excluding carboxylic acids is 3. The number of rotatable bonds is 12. The maximum Gasteiger partial charge on any atom is 0.258 e. The second kappa shape index (κ2) is 14.7. The Morgan fingerprint density at radius 1 is 0.854 bits per heavy atom. The van der Waals surface area contributed by atoms with E-state index >= 15 is 0 Å². The zero-order valence-corrected chi connectivity index (χ0v) is 27.8. The van der Waals surface area contributed by atoms with Crippen LogP contribution in [0.2, 0.25) is 0 Å². The van der Waals surface area contributed by atoms with Crippen molar-refractivity contribution < 1.29 is 19.2 Å². The molecule has 6 rings (SSSR count). The van der Waals surface area contributed by atoms with E-state index in [0.717, 1.165) is 63.6 Å². The number of nitrogens with one attached hydrogen (secondary N) is 5. The molecule has 0 unspecified atom stereocenters. The molecule has 48 heavy (non-hydrogen) atoms. The number of fused-ring (bicyclic) bond motifs is 1. The van der Waals surface area contributed by atoms with E-state index in [4.69, 9.17) is 4.84 Å². The minimum Gasteiger partial charge on any atom is -0.390 e. The number of amides is 3. The van der Waals surface area contributed by atoms with Crippen LogP contribution in [0, 0.1) is 0 Å². The van der Waals surface area contributed by atoms with E-state index in [1.807, 2.05) is 53.5 Å². The van der Waals surface area contributed by atoms with Crippen molar-refractivity contribution in [3.05, 3.63) is 88.8 Å². The Balaban J connectivity index is 1.20. The number of hydrogen-bond acceptors (Lipinski definition) is 11. The number of likely N-dealkylation sites (N-methyl/N-ethyl adjacent to an activating group) is 2. The molecular weight excluding hydrogens is 612 g/mol. The van der Waals surface area contributed by atoms with Crippen molar-refractivity contribution in [1.82, 2.24) is 46.7 Å². The summed E-state index contributed by atoms with van der Waals surface area (Å²) in [5.74, 6) is -0.427. The maximum atomic E-state index is 13.4. The minimum atomic E-state index is -0.355. The molecule has 3 amide bonds. The Morgan fingerprint density at radius 2 is 1.44 bits per heavy atom. The standard InChI is InChI=1S/C34H44N10O4/c1-23(48-35-2)44(43-17-13-41(4)14-18-43)27-10-6-9-26(20-27)32-30-29(33(46)39-32)31(38-34(30)47)25-8-5-7-24(19-25)21-36-28(45)22-37-42-15-11-40(3)12-16-42/h5-10,19-20,35,37H,1,11-18,21-22H2,2-4H3,(H,36,45)(H,38,47)(H,39,46). The highest BCUT2D eigenvalue weighted by Gasteiger charge is 2.41. The number of benzene rings is 2. The number of anilines is 1. The molecule has 4 heterocycles. The van der Waals surface area contributed by atoms with Crippen LogP contribution in [0.25, 0.3) is 11.4 Å². The number of hydrogen-bond donors (Lipinski definition) is 5. The fourth-order valence-corrected chi connectivity index (χ4v) is 6.28. The molecule has 2 aromatic carbocycles. The maximum absolute atomic E-state index is 13.4. The first-order chi connectivity index (χ1) is 23.2. The van der Waals surface area contributed by atoms with E-state index in [1.165, 1.54) is 0 Å². The molecule has 254 valence electrons. The molecule has 0 radical (unpaired) electrons. The lowest BCUT2D eigenvalue weighted by molar-refractivity contribution is -0.121. The van der Waals surface area contributed by atoms with Gasteiger partial charge in [0.1, 0.15) is 0 Å². The number of carbonyl (C=O) groups is 3. The van der Waals surface area contributed by atoms with Crippen LogP contribution in [-0.4, -0.2) is 118 Å². The lowest BCUT2D eigenvalue weighted by Crippen LogP contribution is -2.53. The van der Waals surface area contributed by atoms with E-state index in [9.17, 15) is 14.4 Å². The summed E-state index contributed by atoms with van der Waals surface area (Å²) in [5, 5.41) is 15.0. The van der Waals surface area contributed by atoms with Gasteiger partial charge in [-0.25, -0.2) is 20.5 Å². The van der Waals surface area contributed by atoms with Crippen molar-refractivity contribution >= 4 is 34.8 Å². The van der Waals surface area contributed by atoms with Crippen LogP contribution in [0.3, 0.4) is 0 Å². The van der Waals surface area contributed by atoms with Gasteiger partial charge in [0.25, 0.3) is 11.8 Å². The van der Waals surface area contributed by atoms with Gasteiger partial charge in [0, 0.05) is 71.5 Å². The summed E-state index contributed by atoms with van der Waals surface area (Å²) in [6, 6.07) is 15.1. The lowest BCUT2D eigenvalue weighted by atomic mass is 10.0. The van der Waals surface area contributed by atoms with Crippen LogP contribution >= 0.6 is 0 Å². The number of hydroxylamine groups is 1. The van der Waals surface area contributed by atoms with Crippen LogP contribution in [0.4, 0.5) is 5.69 Å². The van der Waals surface area contributed by atoms with Crippen LogP contribution in [0.15, 0.2) is 72.1 Å². The normalized spacial score (nSPS) is 19.3. The van der Waals surface area contributed by atoms with Crippen molar-refractivity contribution in [3.8, 4) is 0 Å². The fourth-order valence-electron chi connectivity index (χ4n) is 6.28. The largest absolute Gasteiger partial charge is 0.390 e. The summed E-state index contributed by atoms with van der Waals surface area (Å²) in [4.78, 5) is 49.5. The molecule has 0 atom stereocenters. The molecule has 2 saturated heterocycles. The van der Waals surface area contributed by atoms with Crippen LogP contribution in [-0.2, 0) is 25.8 Å². The van der Waals surface area contributed by atoms with Crippen molar-refractivity contribution in [1.29, 1.82) is 0 Å². The molecule has 14 heteroatoms. The van der Waals surface area contributed by atoms with Gasteiger partial charge in [-0.2, -0.15) is 5.48 Å². The highest BCUT2D eigenvalue weighted by atomic mass is 16.7. The Labute approximate surface area is 280 Å². The zero-order chi connectivity index (χ0) is 33.8. The Kier molecular flexibility index (Phi) is 10.2. The topological polar surface area (TPSA) is 137 Å². The SMILES string of the molecule is C=C(ONC)N(c1cccc(C2=C3C(=O)NC(c4cccc(CNC(=O)CNN5CCN(C)CC5)c4)=C3C(=O)N2)c1)N1CCN(C)CC1. The second-order valence-corrected chi connectivity index (χ2v) is 12.3. The molecule has 2 fully saturated rings. The first kappa shape index (κ1) is 33.3. The molecule has 0 aliphatic carbocycles. The van der Waals surface area contributed by atoms with Crippen LogP contribution < -0.4 is 31.9 Å². The summed E-state index contributed by atoms with van der Waals surface area (Å²) < 4.78 is 0. The van der Waals surface area contributed by atoms with Crippen LogP contribution in [0.1, 0.15) is 16.7 Å². The van der Waals surface area contributed by atoms with Crippen molar-refractivity contribution in [2.24, 2.45) is 0 Å². The predicted molar refractivity (Wildman–Crippen MR) is 183 cm³/mol. The number of piperazine rings is 2. The number of hydrazine groups is 2. The van der Waals surface area contributed by atoms with Gasteiger partial charge < -0.3 is 30.6 Å². The van der Waals surface area contributed by atoms with Crippen molar-refractivity contribution in [2.75, 3.05) is 85.1 Å². The third-order valence-electron chi connectivity index (χ3n) is 8.95. The summed E-state index contributed by atoms with van der Waals surface area (Å²) in [5.41, 5.74) is 10.4. The molecule has 4 aliphatic rings. The molecule has 2 aromatic rings. The molecule has 0 aromatic heterocycles. The third-order valence-corrected chi connectivity index (χ3v) is 8.95. The van der Waals surface area contributed by atoms with Crippen LogP contribution in [0.5, 0.6) is 0 Å². The zero-order valence-electron chi connectivity index (χ0n) is 27.8. The summed E-state index contributed by atoms with van der Waals surface area (Å²) >= 11 is 0. The van der Waals surface area contributed by atoms with E-state index in [1.54, 1.807) is 7.05 Å². The highest BCUT2D eigenvalue weighted by Crippen LogP contribution is 2.38. The van der Waals surface area contributed by atoms with Gasteiger partial charge in [-0.05, 0) is 50.0 Å². The minimum absolute atomic E-state index is 0.116.